The summed E-state index contributed by atoms with van der Waals surface area (Å²) < 4.78 is 7.01. The minimum atomic E-state index is -0.942. The number of rotatable bonds is 2. The number of allylic oxidation sites excluding steroid dienone is 1. The van der Waals surface area contributed by atoms with Crippen molar-refractivity contribution in [2.45, 2.75) is 45.1 Å². The Labute approximate surface area is 127 Å². The molecule has 20 heavy (non-hydrogen) atoms. The van der Waals surface area contributed by atoms with E-state index in [2.05, 4.69) is 48.1 Å². The van der Waals surface area contributed by atoms with Crippen molar-refractivity contribution in [2.75, 3.05) is 0 Å². The van der Waals surface area contributed by atoms with E-state index in [4.69, 9.17) is 16.0 Å². The van der Waals surface area contributed by atoms with Gasteiger partial charge in [0.25, 0.3) is 0 Å². The van der Waals surface area contributed by atoms with Crippen LogP contribution in [-0.4, -0.2) is 16.4 Å². The first kappa shape index (κ1) is 14.1. The van der Waals surface area contributed by atoms with Crippen LogP contribution in [0.3, 0.4) is 0 Å². The van der Waals surface area contributed by atoms with Crippen molar-refractivity contribution in [1.82, 2.24) is 4.67 Å². The Hall–Kier alpha value is -0.850. The maximum atomic E-state index is 6.54. The average Bonchev–Trinajstić information content (AvgIpc) is 2.49. The van der Waals surface area contributed by atoms with Crippen molar-refractivity contribution < 1.29 is 0 Å². The van der Waals surface area contributed by atoms with Gasteiger partial charge in [-0.1, -0.05) is 49.1 Å². The number of halogens is 1. The maximum Gasteiger partial charge on any atom is 0.217 e. The first-order chi connectivity index (χ1) is 9.74. The summed E-state index contributed by atoms with van der Waals surface area (Å²) in [6.45, 7) is 2.10. The third kappa shape index (κ3) is 3.07. The van der Waals surface area contributed by atoms with E-state index in [0.717, 1.165) is 11.3 Å². The summed E-state index contributed by atoms with van der Waals surface area (Å²) in [7, 11) is -0.942. The molecule has 0 spiro atoms. The van der Waals surface area contributed by atoms with E-state index in [1.807, 2.05) is 0 Å². The van der Waals surface area contributed by atoms with Crippen LogP contribution < -0.4 is 0 Å². The van der Waals surface area contributed by atoms with E-state index >= 15 is 0 Å². The minimum absolute atomic E-state index is 0.590. The molecule has 4 heteroatoms. The van der Waals surface area contributed by atoms with Gasteiger partial charge in [0.2, 0.25) is 7.58 Å². The zero-order valence-electron chi connectivity index (χ0n) is 11.8. The fourth-order valence-electron chi connectivity index (χ4n) is 2.86. The number of benzene rings is 1. The van der Waals surface area contributed by atoms with Crippen molar-refractivity contribution in [3.63, 3.8) is 0 Å². The largest absolute Gasteiger partial charge is 0.324 e. The molecular weight excluding hydrogens is 287 g/mol. The quantitative estimate of drug-likeness (QED) is 0.667. The fraction of sp³-hybridized carbons (Fsp3) is 0.438. The van der Waals surface area contributed by atoms with Gasteiger partial charge in [0, 0.05) is 17.8 Å². The second-order valence-corrected chi connectivity index (χ2v) is 7.63. The summed E-state index contributed by atoms with van der Waals surface area (Å²) in [6.07, 6.45) is 10.8. The molecule has 1 aromatic rings. The van der Waals surface area contributed by atoms with Crippen LogP contribution in [0, 0.1) is 6.92 Å². The van der Waals surface area contributed by atoms with Gasteiger partial charge in [0.15, 0.2) is 0 Å². The average molecular weight is 307 g/mol. The molecule has 1 aromatic carbocycles. The second kappa shape index (κ2) is 6.28. The Bertz CT molecular complexity index is 518. The van der Waals surface area contributed by atoms with Crippen molar-refractivity contribution in [3.8, 4) is 0 Å². The van der Waals surface area contributed by atoms with Crippen LogP contribution >= 0.6 is 18.8 Å². The Balaban J connectivity index is 1.74. The Morgan fingerprint density at radius 2 is 1.85 bits per heavy atom. The summed E-state index contributed by atoms with van der Waals surface area (Å²) in [5.41, 5.74) is 3.44. The summed E-state index contributed by atoms with van der Waals surface area (Å²) in [4.78, 5) is 0. The van der Waals surface area contributed by atoms with Crippen LogP contribution in [0.15, 0.2) is 41.3 Å². The van der Waals surface area contributed by atoms with Crippen molar-refractivity contribution in [3.05, 3.63) is 47.7 Å². The van der Waals surface area contributed by atoms with Crippen LogP contribution in [0.4, 0.5) is 0 Å². The third-order valence-corrected chi connectivity index (χ3v) is 6.03. The second-order valence-electron chi connectivity index (χ2n) is 5.58. The summed E-state index contributed by atoms with van der Waals surface area (Å²) in [6, 6.07) is 9.07. The SMILES string of the molecule is Cc1ccc(C2=NP(Cl)N(C3CCCCC3)C=C2)cc1. The molecule has 2 aliphatic rings. The van der Waals surface area contributed by atoms with Crippen LogP contribution in [0.1, 0.15) is 43.2 Å². The fourth-order valence-corrected chi connectivity index (χ4v) is 4.76. The van der Waals surface area contributed by atoms with Gasteiger partial charge >= 0.3 is 0 Å². The van der Waals surface area contributed by atoms with Crippen molar-refractivity contribution in [2.24, 2.45) is 4.76 Å². The number of aryl methyl sites for hydroxylation is 1. The zero-order chi connectivity index (χ0) is 13.9. The summed E-state index contributed by atoms with van der Waals surface area (Å²) in [5, 5.41) is 0. The lowest BCUT2D eigenvalue weighted by Gasteiger charge is -2.35. The molecule has 0 N–H and O–H groups in total. The number of nitrogens with zero attached hydrogens (tertiary/aromatic N) is 2. The van der Waals surface area contributed by atoms with Gasteiger partial charge in [0.05, 0.1) is 5.71 Å². The predicted octanol–water partition coefficient (Wildman–Crippen LogP) is 5.41. The van der Waals surface area contributed by atoms with E-state index in [9.17, 15) is 0 Å². The van der Waals surface area contributed by atoms with Crippen LogP contribution in [-0.2, 0) is 0 Å². The molecule has 1 aliphatic heterocycles. The maximum absolute atomic E-state index is 6.54. The Morgan fingerprint density at radius 1 is 1.15 bits per heavy atom. The standard InChI is InChI=1S/C16H20ClN2P/c1-13-7-9-14(10-8-13)16-11-12-19(20(17)18-16)15-5-3-2-4-6-15/h7-12,15H,2-6H2,1H3. The monoisotopic (exact) mass is 306 g/mol. The molecule has 0 saturated heterocycles. The van der Waals surface area contributed by atoms with E-state index in [1.165, 1.54) is 37.7 Å². The first-order valence-electron chi connectivity index (χ1n) is 7.32. The van der Waals surface area contributed by atoms with Gasteiger partial charge in [0.1, 0.15) is 0 Å². The lowest BCUT2D eigenvalue weighted by Crippen LogP contribution is -2.29. The molecule has 1 saturated carbocycles. The highest BCUT2D eigenvalue weighted by molar-refractivity contribution is 7.81. The molecular formula is C16H20ClN2P. The van der Waals surface area contributed by atoms with E-state index in [0.29, 0.717) is 6.04 Å². The molecule has 0 aromatic heterocycles. The van der Waals surface area contributed by atoms with Gasteiger partial charge in [-0.15, -0.1) is 0 Å². The molecule has 0 bridgehead atoms. The normalized spacial score (nSPS) is 23.8. The van der Waals surface area contributed by atoms with E-state index in [1.54, 1.807) is 0 Å². The molecule has 0 amide bonds. The highest BCUT2D eigenvalue weighted by Gasteiger charge is 2.26. The molecule has 2 nitrogen and oxygen atoms in total. The summed E-state index contributed by atoms with van der Waals surface area (Å²) >= 11 is 6.54. The first-order valence-corrected chi connectivity index (χ1v) is 9.47. The molecule has 106 valence electrons. The van der Waals surface area contributed by atoms with Gasteiger partial charge in [-0.25, -0.2) is 4.76 Å². The lowest BCUT2D eigenvalue weighted by atomic mass is 9.95. The Morgan fingerprint density at radius 3 is 2.50 bits per heavy atom. The molecule has 1 heterocycles. The molecule has 1 fully saturated rings. The molecule has 3 rings (SSSR count). The number of hydrogen-bond acceptors (Lipinski definition) is 2. The van der Waals surface area contributed by atoms with Gasteiger partial charge in [-0.2, -0.15) is 0 Å². The topological polar surface area (TPSA) is 15.6 Å². The Kier molecular flexibility index (Phi) is 4.43. The van der Waals surface area contributed by atoms with E-state index < -0.39 is 7.58 Å². The third-order valence-electron chi connectivity index (χ3n) is 4.06. The van der Waals surface area contributed by atoms with Crippen molar-refractivity contribution >= 4 is 24.5 Å². The molecule has 0 radical (unpaired) electrons. The van der Waals surface area contributed by atoms with Crippen LogP contribution in [0.25, 0.3) is 0 Å². The lowest BCUT2D eigenvalue weighted by molar-refractivity contribution is 0.319. The van der Waals surface area contributed by atoms with Gasteiger partial charge < -0.3 is 4.67 Å². The molecule has 1 aliphatic carbocycles. The predicted molar refractivity (Wildman–Crippen MR) is 88.3 cm³/mol. The molecule has 1 unspecified atom stereocenters. The molecule has 1 atom stereocenters. The van der Waals surface area contributed by atoms with Gasteiger partial charge in [-0.3, -0.25) is 0 Å². The highest BCUT2D eigenvalue weighted by atomic mass is 35.7. The minimum Gasteiger partial charge on any atom is -0.324 e. The van der Waals surface area contributed by atoms with Gasteiger partial charge in [-0.05, 0) is 37.1 Å². The van der Waals surface area contributed by atoms with Crippen molar-refractivity contribution in [1.29, 1.82) is 0 Å². The summed E-state index contributed by atoms with van der Waals surface area (Å²) in [5.74, 6) is 0. The van der Waals surface area contributed by atoms with Crippen LogP contribution in [0.5, 0.6) is 0 Å². The van der Waals surface area contributed by atoms with E-state index in [-0.39, 0.29) is 0 Å². The van der Waals surface area contributed by atoms with Crippen LogP contribution in [0.2, 0.25) is 0 Å². The zero-order valence-corrected chi connectivity index (χ0v) is 13.4. The number of hydrogen-bond donors (Lipinski definition) is 0. The smallest absolute Gasteiger partial charge is 0.217 e. The highest BCUT2D eigenvalue weighted by Crippen LogP contribution is 2.52.